The predicted octanol–water partition coefficient (Wildman–Crippen LogP) is 2.44. The number of halogens is 1. The van der Waals surface area contributed by atoms with Crippen LogP contribution in [0.3, 0.4) is 0 Å². The number of allylic oxidation sites excluding steroid dienone is 1. The van der Waals surface area contributed by atoms with E-state index in [4.69, 9.17) is 4.74 Å². The van der Waals surface area contributed by atoms with Gasteiger partial charge in [0, 0.05) is 30.1 Å². The van der Waals surface area contributed by atoms with Crippen molar-refractivity contribution >= 4 is 17.5 Å². The average molecular weight is 422 g/mol. The standard InChI is InChI=1S/C23H31FO6/c1-13(25)30-12-19(28)22(29)9-7-16-17-5-4-14-10-15(26)6-8-20(14,2)23(17,24)18(27)11-21(16,22)3/h10,16-18,27,29H,4-9,11-12H2,1-3H3/t16-,17?,18-,20?,21?,22-,23-/m0/s1. The van der Waals surface area contributed by atoms with Crippen molar-refractivity contribution in [3.63, 3.8) is 0 Å². The van der Waals surface area contributed by atoms with Gasteiger partial charge in [0.1, 0.15) is 11.3 Å². The van der Waals surface area contributed by atoms with E-state index in [0.717, 1.165) is 5.57 Å². The van der Waals surface area contributed by atoms with Gasteiger partial charge < -0.3 is 14.9 Å². The van der Waals surface area contributed by atoms with Gasteiger partial charge in [-0.25, -0.2) is 4.39 Å². The molecule has 4 rings (SSSR count). The minimum atomic E-state index is -1.91. The minimum absolute atomic E-state index is 0.00553. The molecule has 0 saturated heterocycles. The summed E-state index contributed by atoms with van der Waals surface area (Å²) >= 11 is 0. The number of aliphatic hydroxyl groups excluding tert-OH is 1. The molecular weight excluding hydrogens is 391 g/mol. The number of carbonyl (C=O) groups excluding carboxylic acids is 3. The third-order valence-electron chi connectivity index (χ3n) is 9.06. The smallest absolute Gasteiger partial charge is 0.303 e. The molecule has 7 atom stereocenters. The van der Waals surface area contributed by atoms with Crippen LogP contribution in [-0.4, -0.2) is 51.7 Å². The third-order valence-corrected chi connectivity index (χ3v) is 9.06. The molecule has 0 aromatic rings. The fourth-order valence-corrected chi connectivity index (χ4v) is 7.32. The molecule has 166 valence electrons. The molecular formula is C23H31FO6. The highest BCUT2D eigenvalue weighted by atomic mass is 19.1. The second-order valence-corrected chi connectivity index (χ2v) is 10.2. The Morgan fingerprint density at radius 1 is 1.20 bits per heavy atom. The maximum Gasteiger partial charge on any atom is 0.303 e. The quantitative estimate of drug-likeness (QED) is 0.678. The molecule has 7 heteroatoms. The van der Waals surface area contributed by atoms with Gasteiger partial charge in [-0.2, -0.15) is 0 Å². The maximum atomic E-state index is 16.9. The summed E-state index contributed by atoms with van der Waals surface area (Å²) in [4.78, 5) is 35.9. The fourth-order valence-electron chi connectivity index (χ4n) is 7.32. The Labute approximate surface area is 175 Å². The number of ether oxygens (including phenoxy) is 1. The van der Waals surface area contributed by atoms with Crippen molar-refractivity contribution in [1.29, 1.82) is 0 Å². The molecule has 3 unspecified atom stereocenters. The first-order valence-corrected chi connectivity index (χ1v) is 10.9. The Morgan fingerprint density at radius 2 is 1.90 bits per heavy atom. The van der Waals surface area contributed by atoms with Crippen LogP contribution in [0.25, 0.3) is 0 Å². The Bertz CT molecular complexity index is 838. The summed E-state index contributed by atoms with van der Waals surface area (Å²) in [5.74, 6) is -1.99. The van der Waals surface area contributed by atoms with Gasteiger partial charge >= 0.3 is 5.97 Å². The monoisotopic (exact) mass is 422 g/mol. The SMILES string of the molecule is CC(=O)OCC(=O)[C@@]1(O)CC[C@H]2C3CCC4=CC(=O)CCC4(C)[C@@]3(F)[C@@H](O)CC21C. The van der Waals surface area contributed by atoms with E-state index >= 15 is 4.39 Å². The van der Waals surface area contributed by atoms with Crippen LogP contribution in [0, 0.1) is 22.7 Å². The van der Waals surface area contributed by atoms with Gasteiger partial charge in [-0.05, 0) is 50.5 Å². The molecule has 0 aromatic heterocycles. The van der Waals surface area contributed by atoms with Crippen LogP contribution < -0.4 is 0 Å². The lowest BCUT2D eigenvalue weighted by Gasteiger charge is -2.63. The Balaban J connectivity index is 1.71. The first kappa shape index (κ1) is 21.6. The predicted molar refractivity (Wildman–Crippen MR) is 105 cm³/mol. The van der Waals surface area contributed by atoms with Gasteiger partial charge in [-0.3, -0.25) is 14.4 Å². The van der Waals surface area contributed by atoms with E-state index in [-0.39, 0.29) is 31.0 Å². The normalized spacial score (nSPS) is 47.6. The van der Waals surface area contributed by atoms with E-state index in [2.05, 4.69) is 0 Å². The molecule has 4 aliphatic rings. The summed E-state index contributed by atoms with van der Waals surface area (Å²) in [6.45, 7) is 4.25. The molecule has 0 amide bonds. The zero-order valence-corrected chi connectivity index (χ0v) is 17.9. The second-order valence-electron chi connectivity index (χ2n) is 10.2. The van der Waals surface area contributed by atoms with Crippen molar-refractivity contribution in [2.24, 2.45) is 22.7 Å². The van der Waals surface area contributed by atoms with Gasteiger partial charge in [0.25, 0.3) is 0 Å². The van der Waals surface area contributed by atoms with Crippen LogP contribution in [0.15, 0.2) is 11.6 Å². The number of rotatable bonds is 3. The van der Waals surface area contributed by atoms with Gasteiger partial charge in [0.2, 0.25) is 5.78 Å². The fraction of sp³-hybridized carbons (Fsp3) is 0.783. The van der Waals surface area contributed by atoms with Gasteiger partial charge in [-0.15, -0.1) is 0 Å². The molecule has 0 aromatic carbocycles. The zero-order chi connectivity index (χ0) is 22.1. The van der Waals surface area contributed by atoms with E-state index < -0.39 is 52.5 Å². The maximum absolute atomic E-state index is 16.9. The van der Waals surface area contributed by atoms with Crippen molar-refractivity contribution in [2.75, 3.05) is 6.61 Å². The molecule has 0 spiro atoms. The largest absolute Gasteiger partial charge is 0.458 e. The van der Waals surface area contributed by atoms with E-state index in [0.29, 0.717) is 25.7 Å². The van der Waals surface area contributed by atoms with Gasteiger partial charge in [0.15, 0.2) is 12.4 Å². The Kier molecular flexibility index (Phi) is 4.83. The number of fused-ring (bicyclic) bond motifs is 5. The lowest BCUT2D eigenvalue weighted by molar-refractivity contribution is -0.227. The number of carbonyl (C=O) groups is 3. The van der Waals surface area contributed by atoms with E-state index in [1.54, 1.807) is 13.0 Å². The lowest BCUT2D eigenvalue weighted by Crippen LogP contribution is -2.69. The number of hydrogen-bond acceptors (Lipinski definition) is 6. The van der Waals surface area contributed by atoms with Crippen LogP contribution in [0.1, 0.15) is 65.7 Å². The first-order valence-electron chi connectivity index (χ1n) is 10.9. The molecule has 6 nitrogen and oxygen atoms in total. The highest BCUT2D eigenvalue weighted by Gasteiger charge is 2.74. The summed E-state index contributed by atoms with van der Waals surface area (Å²) in [5.41, 5.74) is -4.83. The van der Waals surface area contributed by atoms with Gasteiger partial charge in [0.05, 0.1) is 6.10 Å². The molecule has 30 heavy (non-hydrogen) atoms. The molecule has 3 saturated carbocycles. The second kappa shape index (κ2) is 6.70. The average Bonchev–Trinajstić information content (AvgIpc) is 2.94. The molecule has 0 radical (unpaired) electrons. The summed E-state index contributed by atoms with van der Waals surface area (Å²) in [6, 6.07) is 0. The molecule has 3 fully saturated rings. The highest BCUT2D eigenvalue weighted by Crippen LogP contribution is 2.70. The topological polar surface area (TPSA) is 101 Å². The number of hydrogen-bond donors (Lipinski definition) is 2. The van der Waals surface area contributed by atoms with Crippen molar-refractivity contribution < 1.29 is 33.7 Å². The van der Waals surface area contributed by atoms with Crippen LogP contribution >= 0.6 is 0 Å². The Hall–Kier alpha value is -1.60. The van der Waals surface area contributed by atoms with Crippen LogP contribution in [-0.2, 0) is 19.1 Å². The number of ketones is 2. The number of Topliss-reactive ketones (excluding diaryl/α,β-unsaturated/α-hetero) is 1. The lowest BCUT2D eigenvalue weighted by atomic mass is 9.44. The van der Waals surface area contributed by atoms with Crippen molar-refractivity contribution in [3.8, 4) is 0 Å². The van der Waals surface area contributed by atoms with Crippen LogP contribution in [0.4, 0.5) is 4.39 Å². The molecule has 2 N–H and O–H groups in total. The van der Waals surface area contributed by atoms with E-state index in [1.165, 1.54) is 6.92 Å². The van der Waals surface area contributed by atoms with E-state index in [9.17, 15) is 24.6 Å². The highest BCUT2D eigenvalue weighted by molar-refractivity contribution is 5.92. The number of esters is 1. The summed E-state index contributed by atoms with van der Waals surface area (Å²) in [5, 5.41) is 22.6. The van der Waals surface area contributed by atoms with Crippen molar-refractivity contribution in [1.82, 2.24) is 0 Å². The summed E-state index contributed by atoms with van der Waals surface area (Å²) in [6.07, 6.45) is 2.45. The molecule has 4 aliphatic carbocycles. The summed E-state index contributed by atoms with van der Waals surface area (Å²) in [7, 11) is 0. The van der Waals surface area contributed by atoms with E-state index in [1.807, 2.05) is 6.92 Å². The van der Waals surface area contributed by atoms with Crippen LogP contribution in [0.2, 0.25) is 0 Å². The van der Waals surface area contributed by atoms with Gasteiger partial charge in [-0.1, -0.05) is 19.4 Å². The molecule has 0 bridgehead atoms. The zero-order valence-electron chi connectivity index (χ0n) is 17.9. The van der Waals surface area contributed by atoms with Crippen molar-refractivity contribution in [2.45, 2.75) is 83.1 Å². The first-order chi connectivity index (χ1) is 13.9. The van der Waals surface area contributed by atoms with Crippen molar-refractivity contribution in [3.05, 3.63) is 11.6 Å². The molecule has 0 heterocycles. The number of aliphatic hydroxyl groups is 2. The Morgan fingerprint density at radius 3 is 2.57 bits per heavy atom. The summed E-state index contributed by atoms with van der Waals surface area (Å²) < 4.78 is 21.8. The third kappa shape index (κ3) is 2.57. The van der Waals surface area contributed by atoms with Crippen LogP contribution in [0.5, 0.6) is 0 Å². The minimum Gasteiger partial charge on any atom is -0.458 e. The molecule has 0 aliphatic heterocycles. The number of alkyl halides is 1.